The first kappa shape index (κ1) is 9.70. The highest BCUT2D eigenvalue weighted by Gasteiger charge is 2.12. The van der Waals surface area contributed by atoms with Gasteiger partial charge < -0.3 is 14.6 Å². The zero-order valence-corrected chi connectivity index (χ0v) is 8.98. The van der Waals surface area contributed by atoms with Gasteiger partial charge in [0.25, 0.3) is 0 Å². The number of rotatable bonds is 3. The highest BCUT2D eigenvalue weighted by Crippen LogP contribution is 2.21. The first-order valence-electron chi connectivity index (χ1n) is 4.74. The molecule has 0 spiro atoms. The number of hydrogen-bond acceptors (Lipinski definition) is 5. The summed E-state index contributed by atoms with van der Waals surface area (Å²) in [4.78, 5) is 12.7. The molecular formula is C9H13N5O. The van der Waals surface area contributed by atoms with E-state index in [1.807, 2.05) is 11.5 Å². The maximum atomic E-state index is 5.16. The molecule has 0 aliphatic rings. The minimum absolute atomic E-state index is 0.497. The van der Waals surface area contributed by atoms with Crippen LogP contribution in [0.2, 0.25) is 0 Å². The average Bonchev–Trinajstić information content (AvgIpc) is 2.70. The lowest BCUT2D eigenvalue weighted by Gasteiger charge is -2.04. The van der Waals surface area contributed by atoms with Crippen LogP contribution in [-0.4, -0.2) is 33.7 Å². The lowest BCUT2D eigenvalue weighted by Crippen LogP contribution is -2.01. The van der Waals surface area contributed by atoms with Crippen molar-refractivity contribution in [2.24, 2.45) is 0 Å². The van der Waals surface area contributed by atoms with Crippen molar-refractivity contribution in [2.75, 3.05) is 19.5 Å². The van der Waals surface area contributed by atoms with E-state index in [4.69, 9.17) is 4.74 Å². The quantitative estimate of drug-likeness (QED) is 0.810. The standard InChI is InChI=1S/C9H13N5O/c1-4-14-5-11-6-7(14)12-9(10-2)13-8(6)15-3/h5H,4H2,1-3H3,(H,10,12,13). The molecule has 0 atom stereocenters. The Hall–Kier alpha value is -1.85. The number of imidazole rings is 1. The van der Waals surface area contributed by atoms with Crippen LogP contribution in [0.25, 0.3) is 11.2 Å². The molecule has 2 aromatic heterocycles. The summed E-state index contributed by atoms with van der Waals surface area (Å²) in [6, 6.07) is 0. The van der Waals surface area contributed by atoms with Gasteiger partial charge in [0, 0.05) is 13.6 Å². The van der Waals surface area contributed by atoms with Gasteiger partial charge in [0.2, 0.25) is 11.8 Å². The number of anilines is 1. The van der Waals surface area contributed by atoms with Crippen molar-refractivity contribution in [3.63, 3.8) is 0 Å². The van der Waals surface area contributed by atoms with E-state index in [-0.39, 0.29) is 0 Å². The molecule has 0 aromatic carbocycles. The summed E-state index contributed by atoms with van der Waals surface area (Å²) in [6.45, 7) is 2.86. The van der Waals surface area contributed by atoms with Gasteiger partial charge in [-0.05, 0) is 6.92 Å². The average molecular weight is 207 g/mol. The Morgan fingerprint density at radius 2 is 2.27 bits per heavy atom. The van der Waals surface area contributed by atoms with Crippen molar-refractivity contribution >= 4 is 17.1 Å². The Morgan fingerprint density at radius 3 is 2.87 bits per heavy atom. The molecule has 2 rings (SSSR count). The Morgan fingerprint density at radius 1 is 1.47 bits per heavy atom. The first-order chi connectivity index (χ1) is 7.30. The highest BCUT2D eigenvalue weighted by molar-refractivity contribution is 5.77. The van der Waals surface area contributed by atoms with E-state index in [1.165, 1.54) is 0 Å². The molecule has 6 nitrogen and oxygen atoms in total. The van der Waals surface area contributed by atoms with Gasteiger partial charge in [0.15, 0.2) is 11.2 Å². The van der Waals surface area contributed by atoms with Gasteiger partial charge in [-0.2, -0.15) is 9.97 Å². The van der Waals surface area contributed by atoms with Crippen LogP contribution in [0.3, 0.4) is 0 Å². The van der Waals surface area contributed by atoms with Crippen LogP contribution < -0.4 is 10.1 Å². The molecule has 6 heteroatoms. The Labute approximate surface area is 87.3 Å². The van der Waals surface area contributed by atoms with Crippen LogP contribution in [0.1, 0.15) is 6.92 Å². The van der Waals surface area contributed by atoms with Gasteiger partial charge in [0.1, 0.15) is 0 Å². The molecule has 1 N–H and O–H groups in total. The number of fused-ring (bicyclic) bond motifs is 1. The predicted molar refractivity (Wildman–Crippen MR) is 57.1 cm³/mol. The lowest BCUT2D eigenvalue weighted by atomic mass is 10.5. The summed E-state index contributed by atoms with van der Waals surface area (Å²) in [6.07, 6.45) is 1.74. The summed E-state index contributed by atoms with van der Waals surface area (Å²) >= 11 is 0. The molecule has 0 bridgehead atoms. The third-order valence-corrected chi connectivity index (χ3v) is 2.19. The summed E-state index contributed by atoms with van der Waals surface area (Å²) in [7, 11) is 3.35. The fourth-order valence-electron chi connectivity index (χ4n) is 1.40. The van der Waals surface area contributed by atoms with Gasteiger partial charge in [-0.3, -0.25) is 0 Å². The van der Waals surface area contributed by atoms with Crippen molar-refractivity contribution in [1.29, 1.82) is 0 Å². The third kappa shape index (κ3) is 1.47. The van der Waals surface area contributed by atoms with Crippen LogP contribution >= 0.6 is 0 Å². The van der Waals surface area contributed by atoms with E-state index in [2.05, 4.69) is 20.3 Å². The zero-order chi connectivity index (χ0) is 10.8. The monoisotopic (exact) mass is 207 g/mol. The molecule has 0 saturated carbocycles. The fraction of sp³-hybridized carbons (Fsp3) is 0.444. The molecule has 0 aliphatic heterocycles. The fourth-order valence-corrected chi connectivity index (χ4v) is 1.40. The van der Waals surface area contributed by atoms with Gasteiger partial charge in [-0.15, -0.1) is 0 Å². The van der Waals surface area contributed by atoms with E-state index in [0.717, 1.165) is 12.2 Å². The number of aryl methyl sites for hydroxylation is 1. The number of aromatic nitrogens is 4. The summed E-state index contributed by atoms with van der Waals surface area (Å²) in [5, 5.41) is 2.89. The Kier molecular flexibility index (Phi) is 2.40. The van der Waals surface area contributed by atoms with Gasteiger partial charge >= 0.3 is 0 Å². The SMILES string of the molecule is CCn1cnc2c(OC)nc(NC)nc21. The molecule has 0 amide bonds. The Balaban J connectivity index is 2.71. The minimum Gasteiger partial charge on any atom is -0.479 e. The molecule has 80 valence electrons. The second kappa shape index (κ2) is 3.72. The van der Waals surface area contributed by atoms with E-state index < -0.39 is 0 Å². The van der Waals surface area contributed by atoms with E-state index in [9.17, 15) is 0 Å². The molecule has 0 aliphatic carbocycles. The van der Waals surface area contributed by atoms with Crippen LogP contribution in [0, 0.1) is 0 Å². The number of methoxy groups -OCH3 is 1. The lowest BCUT2D eigenvalue weighted by molar-refractivity contribution is 0.402. The van der Waals surface area contributed by atoms with Crippen molar-refractivity contribution < 1.29 is 4.74 Å². The van der Waals surface area contributed by atoms with Crippen molar-refractivity contribution in [2.45, 2.75) is 13.5 Å². The summed E-state index contributed by atoms with van der Waals surface area (Å²) < 4.78 is 7.11. The van der Waals surface area contributed by atoms with E-state index in [1.54, 1.807) is 20.5 Å². The number of nitrogens with one attached hydrogen (secondary N) is 1. The molecule has 0 unspecified atom stereocenters. The predicted octanol–water partition coefficient (Wildman–Crippen LogP) is 0.896. The van der Waals surface area contributed by atoms with Crippen molar-refractivity contribution in [3.8, 4) is 5.88 Å². The van der Waals surface area contributed by atoms with E-state index in [0.29, 0.717) is 17.3 Å². The van der Waals surface area contributed by atoms with Crippen LogP contribution in [0.15, 0.2) is 6.33 Å². The largest absolute Gasteiger partial charge is 0.479 e. The molecule has 0 fully saturated rings. The van der Waals surface area contributed by atoms with Crippen molar-refractivity contribution in [1.82, 2.24) is 19.5 Å². The third-order valence-electron chi connectivity index (χ3n) is 2.19. The molecule has 15 heavy (non-hydrogen) atoms. The normalized spacial score (nSPS) is 10.6. The van der Waals surface area contributed by atoms with Gasteiger partial charge in [-0.1, -0.05) is 0 Å². The smallest absolute Gasteiger partial charge is 0.246 e. The number of ether oxygens (including phenoxy) is 1. The molecule has 2 heterocycles. The zero-order valence-electron chi connectivity index (χ0n) is 8.98. The van der Waals surface area contributed by atoms with E-state index >= 15 is 0 Å². The summed E-state index contributed by atoms with van der Waals surface area (Å²) in [5.74, 6) is 1.03. The topological polar surface area (TPSA) is 64.9 Å². The van der Waals surface area contributed by atoms with Crippen LogP contribution in [0.4, 0.5) is 5.95 Å². The van der Waals surface area contributed by atoms with Gasteiger partial charge in [-0.25, -0.2) is 4.98 Å². The maximum Gasteiger partial charge on any atom is 0.246 e. The number of hydrogen-bond donors (Lipinski definition) is 1. The summed E-state index contributed by atoms with van der Waals surface area (Å²) in [5.41, 5.74) is 1.48. The molecule has 0 radical (unpaired) electrons. The van der Waals surface area contributed by atoms with Crippen molar-refractivity contribution in [3.05, 3.63) is 6.33 Å². The second-order valence-corrected chi connectivity index (χ2v) is 3.01. The first-order valence-corrected chi connectivity index (χ1v) is 4.74. The molecule has 2 aromatic rings. The number of nitrogens with zero attached hydrogens (tertiary/aromatic N) is 4. The second-order valence-electron chi connectivity index (χ2n) is 3.01. The minimum atomic E-state index is 0.497. The Bertz CT molecular complexity index is 479. The van der Waals surface area contributed by atoms with Crippen LogP contribution in [0.5, 0.6) is 5.88 Å². The highest BCUT2D eigenvalue weighted by atomic mass is 16.5. The van der Waals surface area contributed by atoms with Crippen LogP contribution in [-0.2, 0) is 6.54 Å². The van der Waals surface area contributed by atoms with Gasteiger partial charge in [0.05, 0.1) is 13.4 Å². The maximum absolute atomic E-state index is 5.16. The molecular weight excluding hydrogens is 194 g/mol. The molecule has 0 saturated heterocycles.